The van der Waals surface area contributed by atoms with Gasteiger partial charge in [0.1, 0.15) is 11.9 Å². The molecule has 1 saturated heterocycles. The monoisotopic (exact) mass is 661 g/mol. The predicted molar refractivity (Wildman–Crippen MR) is 163 cm³/mol. The van der Waals surface area contributed by atoms with E-state index in [9.17, 15) is 23.3 Å². The maximum Gasteiger partial charge on any atom is 0.287 e. The molecule has 4 heterocycles. The summed E-state index contributed by atoms with van der Waals surface area (Å²) in [4.78, 5) is 38.4. The second kappa shape index (κ2) is 11.5. The largest absolute Gasteiger partial charge is 0.350 e. The first kappa shape index (κ1) is 28.4. The summed E-state index contributed by atoms with van der Waals surface area (Å²) in [5, 5.41) is 14.9. The molecule has 6 rings (SSSR count). The summed E-state index contributed by atoms with van der Waals surface area (Å²) in [6.45, 7) is 0.887. The number of hydrogen-bond donors (Lipinski definition) is 1. The molecule has 5 aromatic rings. The van der Waals surface area contributed by atoms with Crippen molar-refractivity contribution < 1.29 is 18.1 Å². The molecule has 0 bridgehead atoms. The number of benzene rings is 2. The number of halogens is 1. The van der Waals surface area contributed by atoms with Crippen LogP contribution in [0.3, 0.4) is 0 Å². The van der Waals surface area contributed by atoms with Crippen LogP contribution in [0.1, 0.15) is 23.3 Å². The third kappa shape index (κ3) is 5.58. The highest BCUT2D eigenvalue weighted by molar-refractivity contribution is 9.10. The van der Waals surface area contributed by atoms with E-state index in [1.165, 1.54) is 16.1 Å². The van der Waals surface area contributed by atoms with Crippen LogP contribution in [0.5, 0.6) is 0 Å². The van der Waals surface area contributed by atoms with Crippen molar-refractivity contribution in [1.82, 2.24) is 23.8 Å². The highest BCUT2D eigenvalue weighted by Gasteiger charge is 2.27. The zero-order valence-corrected chi connectivity index (χ0v) is 24.9. The third-order valence-corrected chi connectivity index (χ3v) is 9.47. The molecular formula is C29H24BrN7O5S. The summed E-state index contributed by atoms with van der Waals surface area (Å²) in [5.74, 6) is 0.0138. The minimum Gasteiger partial charge on any atom is -0.350 e. The van der Waals surface area contributed by atoms with Gasteiger partial charge in [0.25, 0.3) is 21.6 Å². The lowest BCUT2D eigenvalue weighted by molar-refractivity contribution is -0.385. The number of likely N-dealkylation sites (tertiary alicyclic amines) is 1. The van der Waals surface area contributed by atoms with Crippen LogP contribution >= 0.6 is 15.9 Å². The summed E-state index contributed by atoms with van der Waals surface area (Å²) in [5.41, 5.74) is 1.59. The maximum atomic E-state index is 13.6. The van der Waals surface area contributed by atoms with Crippen LogP contribution in [0.4, 0.5) is 11.6 Å². The Balaban J connectivity index is 1.27. The molecule has 1 N–H and O–H groups in total. The number of amides is 1. The van der Waals surface area contributed by atoms with Crippen molar-refractivity contribution in [1.29, 1.82) is 0 Å². The van der Waals surface area contributed by atoms with Gasteiger partial charge in [-0.2, -0.15) is 0 Å². The molecule has 1 unspecified atom stereocenters. The Hall–Kier alpha value is -4.69. The Bertz CT molecular complexity index is 1950. The van der Waals surface area contributed by atoms with Gasteiger partial charge in [0, 0.05) is 48.5 Å². The number of nitrogens with zero attached hydrogens (tertiary/aromatic N) is 6. The normalized spacial score (nSPS) is 15.4. The number of pyridine rings is 1. The topological polar surface area (TPSA) is 153 Å². The van der Waals surface area contributed by atoms with Gasteiger partial charge in [0.05, 0.1) is 25.5 Å². The minimum absolute atomic E-state index is 0.135. The average Bonchev–Trinajstić information content (AvgIpc) is 3.43. The van der Waals surface area contributed by atoms with Crippen molar-refractivity contribution in [2.75, 3.05) is 18.4 Å². The Morgan fingerprint density at radius 1 is 1.02 bits per heavy atom. The van der Waals surface area contributed by atoms with Crippen LogP contribution in [0, 0.1) is 10.1 Å². The number of nitrogens with one attached hydrogen (secondary N) is 1. The summed E-state index contributed by atoms with van der Waals surface area (Å²) in [7, 11) is -3.88. The number of aromatic nitrogens is 4. The SMILES string of the molecule is O=C(c1ccc([N+](=O)[O-])cn1)N1CCCC(Nc2ncc(Br)c(-c3cn(S(=O)(=O)c4ccccc4)c4ccccc34)n2)C1. The molecule has 2 aromatic carbocycles. The van der Waals surface area contributed by atoms with Crippen molar-refractivity contribution in [2.45, 2.75) is 23.8 Å². The number of rotatable bonds is 7. The van der Waals surface area contributed by atoms with Crippen molar-refractivity contribution in [3.8, 4) is 11.3 Å². The second-order valence-electron chi connectivity index (χ2n) is 9.96. The molecule has 0 radical (unpaired) electrons. The molecule has 0 aliphatic carbocycles. The molecule has 1 aliphatic heterocycles. The number of piperidine rings is 1. The number of carbonyl (C=O) groups excluding carboxylic acids is 1. The smallest absolute Gasteiger partial charge is 0.287 e. The van der Waals surface area contributed by atoms with E-state index in [4.69, 9.17) is 4.98 Å². The van der Waals surface area contributed by atoms with Gasteiger partial charge < -0.3 is 10.2 Å². The molecular weight excluding hydrogens is 638 g/mol. The van der Waals surface area contributed by atoms with Crippen LogP contribution in [-0.2, 0) is 10.0 Å². The number of para-hydroxylation sites is 1. The van der Waals surface area contributed by atoms with Crippen LogP contribution in [-0.4, -0.2) is 62.2 Å². The Morgan fingerprint density at radius 2 is 1.79 bits per heavy atom. The number of anilines is 1. The molecule has 14 heteroatoms. The maximum absolute atomic E-state index is 13.6. The molecule has 12 nitrogen and oxygen atoms in total. The van der Waals surface area contributed by atoms with Crippen molar-refractivity contribution in [2.24, 2.45) is 0 Å². The zero-order valence-electron chi connectivity index (χ0n) is 22.5. The van der Waals surface area contributed by atoms with Gasteiger partial charge >= 0.3 is 0 Å². The van der Waals surface area contributed by atoms with E-state index in [0.29, 0.717) is 45.7 Å². The van der Waals surface area contributed by atoms with Gasteiger partial charge in [-0.05, 0) is 53.0 Å². The lowest BCUT2D eigenvalue weighted by Crippen LogP contribution is -2.45. The van der Waals surface area contributed by atoms with E-state index in [2.05, 4.69) is 31.2 Å². The van der Waals surface area contributed by atoms with Crippen molar-refractivity contribution in [3.05, 3.63) is 106 Å². The molecule has 1 aliphatic rings. The van der Waals surface area contributed by atoms with Crippen molar-refractivity contribution in [3.63, 3.8) is 0 Å². The fourth-order valence-corrected chi connectivity index (χ4v) is 6.91. The van der Waals surface area contributed by atoms with Gasteiger partial charge in [-0.25, -0.2) is 27.3 Å². The lowest BCUT2D eigenvalue weighted by atomic mass is 10.1. The summed E-state index contributed by atoms with van der Waals surface area (Å²) < 4.78 is 29.0. The molecule has 1 amide bonds. The Morgan fingerprint density at radius 3 is 2.53 bits per heavy atom. The summed E-state index contributed by atoms with van der Waals surface area (Å²) >= 11 is 3.54. The van der Waals surface area contributed by atoms with Gasteiger partial charge in [0.2, 0.25) is 5.95 Å². The van der Waals surface area contributed by atoms with Crippen LogP contribution in [0.2, 0.25) is 0 Å². The van der Waals surface area contributed by atoms with E-state index in [1.54, 1.807) is 59.8 Å². The molecule has 1 fully saturated rings. The Labute approximate surface area is 254 Å². The fourth-order valence-electron chi connectivity index (χ4n) is 5.11. The molecule has 43 heavy (non-hydrogen) atoms. The second-order valence-corrected chi connectivity index (χ2v) is 12.6. The van der Waals surface area contributed by atoms with Gasteiger partial charge in [-0.15, -0.1) is 0 Å². The first-order valence-corrected chi connectivity index (χ1v) is 15.6. The number of nitro groups is 1. The predicted octanol–water partition coefficient (Wildman–Crippen LogP) is 5.12. The standard InChI is InChI=1S/C29H24BrN7O5S/c30-24-16-32-29(33-19-7-6-14-35(17-19)28(38)25-13-12-20(15-31-25)37(39)40)34-27(24)23-18-36(26-11-5-4-10-22(23)26)43(41,42)21-8-2-1-3-9-21/h1-5,8-13,15-16,18-19H,6-7,14,17H2,(H,32,33,34). The molecule has 3 aromatic heterocycles. The number of hydrogen-bond acceptors (Lipinski definition) is 9. The van der Waals surface area contributed by atoms with E-state index >= 15 is 0 Å². The first-order valence-electron chi connectivity index (χ1n) is 13.3. The summed E-state index contributed by atoms with van der Waals surface area (Å²) in [6.07, 6.45) is 5.74. The van der Waals surface area contributed by atoms with Crippen LogP contribution in [0.25, 0.3) is 22.2 Å². The van der Waals surface area contributed by atoms with E-state index in [0.717, 1.165) is 19.0 Å². The zero-order chi connectivity index (χ0) is 30.1. The average molecular weight is 663 g/mol. The number of carbonyl (C=O) groups is 1. The van der Waals surface area contributed by atoms with Crippen molar-refractivity contribution >= 4 is 54.4 Å². The van der Waals surface area contributed by atoms with Gasteiger partial charge in [-0.3, -0.25) is 14.9 Å². The number of fused-ring (bicyclic) bond motifs is 1. The molecule has 0 saturated carbocycles. The van der Waals surface area contributed by atoms with Crippen LogP contribution in [0.15, 0.2) is 94.7 Å². The minimum atomic E-state index is -3.88. The van der Waals surface area contributed by atoms with Gasteiger partial charge in [0.15, 0.2) is 0 Å². The van der Waals surface area contributed by atoms with E-state index in [1.807, 2.05) is 12.1 Å². The van der Waals surface area contributed by atoms with E-state index in [-0.39, 0.29) is 28.2 Å². The lowest BCUT2D eigenvalue weighted by Gasteiger charge is -2.33. The highest BCUT2D eigenvalue weighted by atomic mass is 79.9. The third-order valence-electron chi connectivity index (χ3n) is 7.20. The Kier molecular flexibility index (Phi) is 7.62. The van der Waals surface area contributed by atoms with E-state index < -0.39 is 14.9 Å². The van der Waals surface area contributed by atoms with Crippen LogP contribution < -0.4 is 5.32 Å². The molecule has 218 valence electrons. The summed E-state index contributed by atoms with van der Waals surface area (Å²) in [6, 6.07) is 17.9. The highest BCUT2D eigenvalue weighted by Crippen LogP contribution is 2.36. The quantitative estimate of drug-likeness (QED) is 0.185. The first-order chi connectivity index (χ1) is 20.7. The molecule has 1 atom stereocenters. The molecule has 0 spiro atoms. The van der Waals surface area contributed by atoms with Gasteiger partial charge in [-0.1, -0.05) is 36.4 Å². The fraction of sp³-hybridized carbons (Fsp3) is 0.172.